The molecule has 110 valence electrons. The Morgan fingerprint density at radius 2 is 2.00 bits per heavy atom. The first kappa shape index (κ1) is 14.7. The summed E-state index contributed by atoms with van der Waals surface area (Å²) >= 11 is 0. The van der Waals surface area contributed by atoms with Crippen molar-refractivity contribution in [3.8, 4) is 0 Å². The highest BCUT2D eigenvalue weighted by atomic mass is 16.5. The molecule has 1 fully saturated rings. The molecule has 0 radical (unpaired) electrons. The summed E-state index contributed by atoms with van der Waals surface area (Å²) < 4.78 is 4.82. The van der Waals surface area contributed by atoms with Gasteiger partial charge in [-0.1, -0.05) is 13.8 Å². The van der Waals surface area contributed by atoms with Crippen LogP contribution in [0.3, 0.4) is 0 Å². The summed E-state index contributed by atoms with van der Waals surface area (Å²) in [6.07, 6.45) is 4.65. The molecule has 0 aromatic heterocycles. The summed E-state index contributed by atoms with van der Waals surface area (Å²) in [6.45, 7) is 4.62. The number of rotatable bonds is 3. The molecule has 0 bridgehead atoms. The van der Waals surface area contributed by atoms with Crippen molar-refractivity contribution in [2.24, 2.45) is 5.41 Å². The summed E-state index contributed by atoms with van der Waals surface area (Å²) in [5, 5.41) is 3.47. The van der Waals surface area contributed by atoms with Crippen LogP contribution >= 0.6 is 0 Å². The number of hydrogen-bond donors (Lipinski definition) is 2. The van der Waals surface area contributed by atoms with Crippen LogP contribution in [0.5, 0.6) is 0 Å². The van der Waals surface area contributed by atoms with Gasteiger partial charge in [0, 0.05) is 17.4 Å². The number of esters is 1. The maximum Gasteiger partial charge on any atom is 0.340 e. The second-order valence-corrected chi connectivity index (χ2v) is 6.38. The van der Waals surface area contributed by atoms with Crippen LogP contribution < -0.4 is 11.1 Å². The summed E-state index contributed by atoms with van der Waals surface area (Å²) in [5.41, 5.74) is 8.09. The molecule has 0 unspecified atom stereocenters. The average Bonchev–Trinajstić information content (AvgIpc) is 2.42. The predicted molar refractivity (Wildman–Crippen MR) is 81.9 cm³/mol. The highest BCUT2D eigenvalue weighted by Crippen LogP contribution is 2.36. The predicted octanol–water partition coefficient (Wildman–Crippen LogP) is 3.44. The topological polar surface area (TPSA) is 64.3 Å². The fourth-order valence-corrected chi connectivity index (χ4v) is 2.73. The first-order valence-electron chi connectivity index (χ1n) is 7.16. The van der Waals surface area contributed by atoms with E-state index in [2.05, 4.69) is 19.2 Å². The van der Waals surface area contributed by atoms with Crippen molar-refractivity contribution in [3.63, 3.8) is 0 Å². The van der Waals surface area contributed by atoms with Gasteiger partial charge in [0.25, 0.3) is 0 Å². The third-order valence-corrected chi connectivity index (χ3v) is 4.15. The van der Waals surface area contributed by atoms with Crippen LogP contribution in [0.15, 0.2) is 18.2 Å². The van der Waals surface area contributed by atoms with E-state index in [0.717, 1.165) is 18.5 Å². The molecule has 20 heavy (non-hydrogen) atoms. The number of nitrogen functional groups attached to an aromatic ring is 1. The lowest BCUT2D eigenvalue weighted by atomic mass is 9.75. The minimum atomic E-state index is -0.351. The molecule has 0 aliphatic heterocycles. The van der Waals surface area contributed by atoms with Crippen molar-refractivity contribution in [1.29, 1.82) is 0 Å². The molecule has 1 aromatic carbocycles. The van der Waals surface area contributed by atoms with Crippen LogP contribution in [0, 0.1) is 5.41 Å². The number of methoxy groups -OCH3 is 1. The summed E-state index contributed by atoms with van der Waals surface area (Å²) in [7, 11) is 1.39. The molecule has 4 heteroatoms. The van der Waals surface area contributed by atoms with Crippen molar-refractivity contribution in [2.45, 2.75) is 45.6 Å². The van der Waals surface area contributed by atoms with Gasteiger partial charge in [-0.05, 0) is 49.3 Å². The largest absolute Gasteiger partial charge is 0.465 e. The van der Waals surface area contributed by atoms with Gasteiger partial charge in [-0.15, -0.1) is 0 Å². The van der Waals surface area contributed by atoms with E-state index in [-0.39, 0.29) is 5.97 Å². The van der Waals surface area contributed by atoms with Gasteiger partial charge in [0.2, 0.25) is 0 Å². The third-order valence-electron chi connectivity index (χ3n) is 4.15. The van der Waals surface area contributed by atoms with Crippen molar-refractivity contribution in [2.75, 3.05) is 18.2 Å². The summed E-state index contributed by atoms with van der Waals surface area (Å²) in [6, 6.07) is 5.75. The Balaban J connectivity index is 2.11. The Morgan fingerprint density at radius 3 is 2.60 bits per heavy atom. The minimum Gasteiger partial charge on any atom is -0.465 e. The molecule has 1 saturated carbocycles. The SMILES string of the molecule is COC(=O)c1cc(N)ccc1NC1CCC(C)(C)CC1. The number of hydrogen-bond acceptors (Lipinski definition) is 4. The minimum absolute atomic E-state index is 0.351. The molecule has 1 aromatic rings. The fourth-order valence-electron chi connectivity index (χ4n) is 2.73. The van der Waals surface area contributed by atoms with Crippen LogP contribution in [0.2, 0.25) is 0 Å². The number of nitrogens with two attached hydrogens (primary N) is 1. The lowest BCUT2D eigenvalue weighted by Crippen LogP contribution is -2.30. The van der Waals surface area contributed by atoms with Gasteiger partial charge in [0.15, 0.2) is 0 Å². The van der Waals surface area contributed by atoms with Gasteiger partial charge in [0.05, 0.1) is 12.7 Å². The Bertz CT molecular complexity index is 487. The standard InChI is InChI=1S/C16H24N2O2/c1-16(2)8-6-12(7-9-16)18-14-5-4-11(17)10-13(14)15(19)20-3/h4-5,10,12,18H,6-9,17H2,1-3H3. The second-order valence-electron chi connectivity index (χ2n) is 6.38. The van der Waals surface area contributed by atoms with Crippen LogP contribution in [0.4, 0.5) is 11.4 Å². The van der Waals surface area contributed by atoms with Gasteiger partial charge in [-0.3, -0.25) is 0 Å². The summed E-state index contributed by atoms with van der Waals surface area (Å²) in [5.74, 6) is -0.351. The zero-order valence-corrected chi connectivity index (χ0v) is 12.5. The number of ether oxygens (including phenoxy) is 1. The van der Waals surface area contributed by atoms with Gasteiger partial charge < -0.3 is 15.8 Å². The van der Waals surface area contributed by atoms with E-state index >= 15 is 0 Å². The van der Waals surface area contributed by atoms with Crippen LogP contribution in [0.1, 0.15) is 49.9 Å². The van der Waals surface area contributed by atoms with E-state index < -0.39 is 0 Å². The first-order chi connectivity index (χ1) is 9.41. The lowest BCUT2D eigenvalue weighted by Gasteiger charge is -2.35. The molecule has 1 aliphatic carbocycles. The highest BCUT2D eigenvalue weighted by Gasteiger charge is 2.27. The number of nitrogens with one attached hydrogen (secondary N) is 1. The zero-order valence-electron chi connectivity index (χ0n) is 12.5. The van der Waals surface area contributed by atoms with Crippen molar-refractivity contribution in [1.82, 2.24) is 0 Å². The van der Waals surface area contributed by atoms with E-state index in [1.165, 1.54) is 20.0 Å². The Morgan fingerprint density at radius 1 is 1.35 bits per heavy atom. The normalized spacial score (nSPS) is 18.6. The smallest absolute Gasteiger partial charge is 0.340 e. The monoisotopic (exact) mass is 276 g/mol. The second kappa shape index (κ2) is 5.73. The molecule has 0 amide bonds. The van der Waals surface area contributed by atoms with E-state index in [1.54, 1.807) is 6.07 Å². The van der Waals surface area contributed by atoms with Crippen LogP contribution in [-0.4, -0.2) is 19.1 Å². The third kappa shape index (κ3) is 3.44. The van der Waals surface area contributed by atoms with E-state index in [0.29, 0.717) is 22.7 Å². The molecule has 0 heterocycles. The van der Waals surface area contributed by atoms with Gasteiger partial charge in [-0.25, -0.2) is 4.79 Å². The number of benzene rings is 1. The molecular weight excluding hydrogens is 252 g/mol. The maximum atomic E-state index is 11.8. The molecule has 0 saturated heterocycles. The van der Waals surface area contributed by atoms with E-state index in [4.69, 9.17) is 10.5 Å². The maximum absolute atomic E-state index is 11.8. The summed E-state index contributed by atoms with van der Waals surface area (Å²) in [4.78, 5) is 11.8. The Labute approximate surface area is 120 Å². The average molecular weight is 276 g/mol. The molecule has 4 nitrogen and oxygen atoms in total. The zero-order chi connectivity index (χ0) is 14.8. The van der Waals surface area contributed by atoms with Gasteiger partial charge in [0.1, 0.15) is 0 Å². The number of anilines is 2. The van der Waals surface area contributed by atoms with Gasteiger partial charge in [-0.2, -0.15) is 0 Å². The number of carbonyl (C=O) groups is 1. The van der Waals surface area contributed by atoms with E-state index in [1.807, 2.05) is 12.1 Å². The van der Waals surface area contributed by atoms with Crippen LogP contribution in [0.25, 0.3) is 0 Å². The molecule has 2 rings (SSSR count). The van der Waals surface area contributed by atoms with Crippen molar-refractivity contribution < 1.29 is 9.53 Å². The van der Waals surface area contributed by atoms with Crippen LogP contribution in [-0.2, 0) is 4.74 Å². The molecular formula is C16H24N2O2. The van der Waals surface area contributed by atoms with Gasteiger partial charge >= 0.3 is 5.97 Å². The molecule has 3 N–H and O–H groups in total. The molecule has 1 aliphatic rings. The van der Waals surface area contributed by atoms with Crippen molar-refractivity contribution in [3.05, 3.63) is 23.8 Å². The van der Waals surface area contributed by atoms with E-state index in [9.17, 15) is 4.79 Å². The Hall–Kier alpha value is -1.71. The quantitative estimate of drug-likeness (QED) is 0.655. The number of carbonyl (C=O) groups excluding carboxylic acids is 1. The first-order valence-corrected chi connectivity index (χ1v) is 7.16. The molecule has 0 atom stereocenters. The fraction of sp³-hybridized carbons (Fsp3) is 0.562. The molecule has 0 spiro atoms. The van der Waals surface area contributed by atoms with Crippen molar-refractivity contribution >= 4 is 17.3 Å². The highest BCUT2D eigenvalue weighted by molar-refractivity contribution is 5.96. The lowest BCUT2D eigenvalue weighted by molar-refractivity contribution is 0.0601. The Kier molecular flexibility index (Phi) is 4.21.